The Labute approximate surface area is 58.6 Å². The van der Waals surface area contributed by atoms with Crippen LogP contribution in [-0.2, 0) is 0 Å². The zero-order valence-electron chi connectivity index (χ0n) is 5.49. The smallest absolute Gasteiger partial charge is 0.100 e. The van der Waals surface area contributed by atoms with Gasteiger partial charge in [0.2, 0.25) is 0 Å². The molecule has 1 heterocycles. The zero-order valence-corrected chi connectivity index (χ0v) is 5.49. The molecule has 10 heavy (non-hydrogen) atoms. The van der Waals surface area contributed by atoms with E-state index in [1.54, 1.807) is 0 Å². The number of hydrogen-bond acceptors (Lipinski definition) is 5. The van der Waals surface area contributed by atoms with Gasteiger partial charge < -0.3 is 15.3 Å². The van der Waals surface area contributed by atoms with Crippen molar-refractivity contribution >= 4 is 0 Å². The van der Waals surface area contributed by atoms with Gasteiger partial charge in [-0.15, -0.1) is 0 Å². The molecule has 5 heteroatoms. The summed E-state index contributed by atoms with van der Waals surface area (Å²) in [6.07, 6.45) is -1.68. The standard InChI is InChI=1S/C5H12N2O3/c8-2-3-5(10)4(9)1-6-7-3/h3-10H,1-2H2/t3?,4?,5-/m1/s1. The van der Waals surface area contributed by atoms with Gasteiger partial charge in [0.25, 0.3) is 0 Å². The molecule has 5 N–H and O–H groups in total. The summed E-state index contributed by atoms with van der Waals surface area (Å²) in [7, 11) is 0. The quantitative estimate of drug-likeness (QED) is 0.277. The zero-order chi connectivity index (χ0) is 7.56. The molecule has 0 aromatic heterocycles. The summed E-state index contributed by atoms with van der Waals surface area (Å²) in [5, 5.41) is 26.7. The van der Waals surface area contributed by atoms with E-state index in [2.05, 4.69) is 10.9 Å². The molecule has 1 aliphatic rings. The Bertz CT molecular complexity index is 111. The maximum absolute atomic E-state index is 9.12. The van der Waals surface area contributed by atoms with E-state index in [4.69, 9.17) is 15.3 Å². The Kier molecular flexibility index (Phi) is 2.58. The Morgan fingerprint density at radius 1 is 1.40 bits per heavy atom. The summed E-state index contributed by atoms with van der Waals surface area (Å²) in [6, 6.07) is -0.469. The molecule has 0 radical (unpaired) electrons. The number of hydrazine groups is 1. The van der Waals surface area contributed by atoms with Gasteiger partial charge >= 0.3 is 0 Å². The van der Waals surface area contributed by atoms with E-state index >= 15 is 0 Å². The third-order valence-corrected chi connectivity index (χ3v) is 1.60. The average Bonchev–Trinajstić information content (AvgIpc) is 1.95. The highest BCUT2D eigenvalue weighted by atomic mass is 16.3. The van der Waals surface area contributed by atoms with Gasteiger partial charge in [0, 0.05) is 6.54 Å². The molecule has 1 saturated heterocycles. The van der Waals surface area contributed by atoms with Crippen LogP contribution in [0.25, 0.3) is 0 Å². The van der Waals surface area contributed by atoms with Crippen LogP contribution in [0.2, 0.25) is 0 Å². The van der Waals surface area contributed by atoms with E-state index < -0.39 is 18.2 Å². The molecule has 5 nitrogen and oxygen atoms in total. The highest BCUT2D eigenvalue weighted by Crippen LogP contribution is 2.01. The van der Waals surface area contributed by atoms with E-state index in [0.29, 0.717) is 6.54 Å². The second-order valence-electron chi connectivity index (χ2n) is 2.37. The van der Waals surface area contributed by atoms with Crippen LogP contribution in [-0.4, -0.2) is 46.7 Å². The Balaban J connectivity index is 2.42. The third-order valence-electron chi connectivity index (χ3n) is 1.60. The van der Waals surface area contributed by atoms with Crippen molar-refractivity contribution in [2.24, 2.45) is 0 Å². The molecule has 0 amide bonds. The minimum absolute atomic E-state index is 0.189. The molecular weight excluding hydrogens is 136 g/mol. The van der Waals surface area contributed by atoms with Crippen molar-refractivity contribution in [2.75, 3.05) is 13.2 Å². The lowest BCUT2D eigenvalue weighted by atomic mass is 10.1. The Hall–Kier alpha value is -0.200. The van der Waals surface area contributed by atoms with Crippen molar-refractivity contribution in [2.45, 2.75) is 18.2 Å². The van der Waals surface area contributed by atoms with Crippen molar-refractivity contribution in [1.29, 1.82) is 0 Å². The van der Waals surface area contributed by atoms with Gasteiger partial charge in [-0.1, -0.05) is 0 Å². The number of β-amino-alcohol motifs (C(OH)–C–C–N with tert-alkyl or cyclic N) is 1. The van der Waals surface area contributed by atoms with Crippen LogP contribution in [0.15, 0.2) is 0 Å². The number of rotatable bonds is 1. The van der Waals surface area contributed by atoms with Crippen molar-refractivity contribution < 1.29 is 15.3 Å². The first-order valence-electron chi connectivity index (χ1n) is 3.21. The molecule has 1 aliphatic heterocycles. The molecule has 0 saturated carbocycles. The first-order valence-corrected chi connectivity index (χ1v) is 3.21. The van der Waals surface area contributed by atoms with Crippen LogP contribution in [0.1, 0.15) is 0 Å². The van der Waals surface area contributed by atoms with Crippen LogP contribution in [0.3, 0.4) is 0 Å². The van der Waals surface area contributed by atoms with Crippen LogP contribution in [0.4, 0.5) is 0 Å². The van der Waals surface area contributed by atoms with E-state index in [1.165, 1.54) is 0 Å². The van der Waals surface area contributed by atoms with Crippen LogP contribution >= 0.6 is 0 Å². The molecule has 1 fully saturated rings. The van der Waals surface area contributed by atoms with Gasteiger partial charge in [0.05, 0.1) is 18.8 Å². The Morgan fingerprint density at radius 3 is 2.60 bits per heavy atom. The summed E-state index contributed by atoms with van der Waals surface area (Å²) >= 11 is 0. The summed E-state index contributed by atoms with van der Waals surface area (Å²) < 4.78 is 0. The van der Waals surface area contributed by atoms with E-state index in [0.717, 1.165) is 0 Å². The molecular formula is C5H12N2O3. The molecule has 1 rings (SSSR count). The molecule has 0 bridgehead atoms. The van der Waals surface area contributed by atoms with Crippen molar-refractivity contribution in [3.8, 4) is 0 Å². The van der Waals surface area contributed by atoms with Crippen molar-refractivity contribution in [3.63, 3.8) is 0 Å². The highest BCUT2D eigenvalue weighted by Gasteiger charge is 2.29. The average molecular weight is 148 g/mol. The van der Waals surface area contributed by atoms with Crippen LogP contribution in [0.5, 0.6) is 0 Å². The van der Waals surface area contributed by atoms with Gasteiger partial charge in [-0.2, -0.15) is 0 Å². The lowest BCUT2D eigenvalue weighted by Crippen LogP contribution is -2.62. The number of hydrogen-bond donors (Lipinski definition) is 5. The SMILES string of the molecule is OCC1NNCC(O)[C@@H]1O. The number of aliphatic hydroxyl groups is 3. The van der Waals surface area contributed by atoms with Gasteiger partial charge in [-0.3, -0.25) is 5.43 Å². The topological polar surface area (TPSA) is 84.8 Å². The predicted octanol–water partition coefficient (Wildman–Crippen LogP) is -2.82. The summed E-state index contributed by atoms with van der Waals surface area (Å²) in [6.45, 7) is 0.114. The minimum atomic E-state index is -0.883. The summed E-state index contributed by atoms with van der Waals surface area (Å²) in [5.41, 5.74) is 5.28. The fraction of sp³-hybridized carbons (Fsp3) is 1.00. The van der Waals surface area contributed by atoms with Crippen LogP contribution < -0.4 is 10.9 Å². The second kappa shape index (κ2) is 3.27. The predicted molar refractivity (Wildman–Crippen MR) is 34.0 cm³/mol. The maximum atomic E-state index is 9.12. The third kappa shape index (κ3) is 1.44. The number of aliphatic hydroxyl groups excluding tert-OH is 3. The van der Waals surface area contributed by atoms with E-state index in [1.807, 2.05) is 0 Å². The molecule has 0 aliphatic carbocycles. The highest BCUT2D eigenvalue weighted by molar-refractivity contribution is 4.84. The monoisotopic (exact) mass is 148 g/mol. The van der Waals surface area contributed by atoms with Gasteiger partial charge in [0.1, 0.15) is 6.10 Å². The molecule has 3 atom stereocenters. The molecule has 2 unspecified atom stereocenters. The molecule has 0 spiro atoms. The van der Waals surface area contributed by atoms with Gasteiger partial charge in [-0.05, 0) is 0 Å². The van der Waals surface area contributed by atoms with E-state index in [-0.39, 0.29) is 6.61 Å². The van der Waals surface area contributed by atoms with Crippen LogP contribution in [0, 0.1) is 0 Å². The van der Waals surface area contributed by atoms with Crippen molar-refractivity contribution in [1.82, 2.24) is 10.9 Å². The normalized spacial score (nSPS) is 41.7. The second-order valence-corrected chi connectivity index (χ2v) is 2.37. The summed E-state index contributed by atoms with van der Waals surface area (Å²) in [4.78, 5) is 0. The molecule has 0 aromatic rings. The Morgan fingerprint density at radius 2 is 2.10 bits per heavy atom. The van der Waals surface area contributed by atoms with Crippen molar-refractivity contribution in [3.05, 3.63) is 0 Å². The minimum Gasteiger partial charge on any atom is -0.395 e. The first-order chi connectivity index (χ1) is 4.75. The maximum Gasteiger partial charge on any atom is 0.100 e. The lowest BCUT2D eigenvalue weighted by Gasteiger charge is -2.31. The fourth-order valence-corrected chi connectivity index (χ4v) is 0.923. The number of nitrogens with one attached hydrogen (secondary N) is 2. The first kappa shape index (κ1) is 7.90. The molecule has 0 aromatic carbocycles. The fourth-order valence-electron chi connectivity index (χ4n) is 0.923. The summed E-state index contributed by atoms with van der Waals surface area (Å²) in [5.74, 6) is 0. The molecule has 60 valence electrons. The largest absolute Gasteiger partial charge is 0.395 e. The van der Waals surface area contributed by atoms with E-state index in [9.17, 15) is 0 Å². The van der Waals surface area contributed by atoms with Gasteiger partial charge in [-0.25, -0.2) is 5.43 Å². The lowest BCUT2D eigenvalue weighted by molar-refractivity contribution is -0.0433. The van der Waals surface area contributed by atoms with Gasteiger partial charge in [0.15, 0.2) is 0 Å².